The van der Waals surface area contributed by atoms with Crippen molar-refractivity contribution < 1.29 is 14.3 Å². The second-order valence-corrected chi connectivity index (χ2v) is 4.90. The Balaban J connectivity index is 2.43. The standard InChI is InChI=1S/C16H23NO3/c1-3-4-6-9-14(2)17(13-18)16(19)20-12-15-10-7-5-8-11-15/h5,7-8,10-11,13-14H,3-4,6,9,12H2,1-2H3. The molecule has 0 spiro atoms. The van der Waals surface area contributed by atoms with Gasteiger partial charge in [-0.05, 0) is 18.9 Å². The molecule has 4 nitrogen and oxygen atoms in total. The Morgan fingerprint density at radius 1 is 1.30 bits per heavy atom. The van der Waals surface area contributed by atoms with Crippen LogP contribution in [0.25, 0.3) is 0 Å². The van der Waals surface area contributed by atoms with Gasteiger partial charge in [0.2, 0.25) is 6.41 Å². The Morgan fingerprint density at radius 3 is 2.60 bits per heavy atom. The largest absolute Gasteiger partial charge is 0.444 e. The van der Waals surface area contributed by atoms with Gasteiger partial charge in [-0.1, -0.05) is 56.5 Å². The summed E-state index contributed by atoms with van der Waals surface area (Å²) >= 11 is 0. The third kappa shape index (κ3) is 5.43. The lowest BCUT2D eigenvalue weighted by Gasteiger charge is -2.22. The molecular formula is C16H23NO3. The molecule has 2 amide bonds. The molecule has 0 aromatic heterocycles. The van der Waals surface area contributed by atoms with E-state index in [0.717, 1.165) is 36.1 Å². The minimum Gasteiger partial charge on any atom is -0.444 e. The highest BCUT2D eigenvalue weighted by molar-refractivity contribution is 5.80. The maximum atomic E-state index is 11.9. The van der Waals surface area contributed by atoms with Crippen LogP contribution in [-0.4, -0.2) is 23.4 Å². The van der Waals surface area contributed by atoms with E-state index in [1.807, 2.05) is 37.3 Å². The SMILES string of the molecule is CCCCCC(C)N(C=O)C(=O)OCc1ccccc1. The predicted octanol–water partition coefficient (Wildman–Crippen LogP) is 3.75. The number of unbranched alkanes of at least 4 members (excludes halogenated alkanes) is 2. The normalized spacial score (nSPS) is 11.7. The average Bonchev–Trinajstić information content (AvgIpc) is 2.47. The van der Waals surface area contributed by atoms with Gasteiger partial charge in [0.25, 0.3) is 0 Å². The molecule has 1 unspecified atom stereocenters. The van der Waals surface area contributed by atoms with E-state index in [1.165, 1.54) is 0 Å². The second-order valence-electron chi connectivity index (χ2n) is 4.90. The highest BCUT2D eigenvalue weighted by Crippen LogP contribution is 2.10. The van der Waals surface area contributed by atoms with Crippen LogP contribution in [0.5, 0.6) is 0 Å². The molecule has 0 fully saturated rings. The van der Waals surface area contributed by atoms with Gasteiger partial charge < -0.3 is 4.74 Å². The zero-order valence-electron chi connectivity index (χ0n) is 12.2. The van der Waals surface area contributed by atoms with Crippen molar-refractivity contribution >= 4 is 12.5 Å². The van der Waals surface area contributed by atoms with Crippen molar-refractivity contribution in [2.45, 2.75) is 52.2 Å². The Bertz CT molecular complexity index is 405. The van der Waals surface area contributed by atoms with Gasteiger partial charge in [-0.3, -0.25) is 4.79 Å². The molecule has 0 heterocycles. The fourth-order valence-corrected chi connectivity index (χ4v) is 1.95. The van der Waals surface area contributed by atoms with Gasteiger partial charge in [0.15, 0.2) is 0 Å². The van der Waals surface area contributed by atoms with E-state index in [0.29, 0.717) is 6.41 Å². The molecule has 110 valence electrons. The first-order valence-corrected chi connectivity index (χ1v) is 7.13. The van der Waals surface area contributed by atoms with Crippen LogP contribution in [0.2, 0.25) is 0 Å². The Labute approximate surface area is 120 Å². The second kappa shape index (κ2) is 9.13. The van der Waals surface area contributed by atoms with Gasteiger partial charge in [0, 0.05) is 6.04 Å². The Hall–Kier alpha value is -1.84. The molecular weight excluding hydrogens is 254 g/mol. The molecule has 1 aromatic carbocycles. The van der Waals surface area contributed by atoms with E-state index in [-0.39, 0.29) is 12.6 Å². The van der Waals surface area contributed by atoms with Crippen LogP contribution >= 0.6 is 0 Å². The number of nitrogens with zero attached hydrogens (tertiary/aromatic N) is 1. The van der Waals surface area contributed by atoms with Crippen molar-refractivity contribution in [3.63, 3.8) is 0 Å². The maximum absolute atomic E-state index is 11.9. The van der Waals surface area contributed by atoms with E-state index in [1.54, 1.807) is 0 Å². The summed E-state index contributed by atoms with van der Waals surface area (Å²) in [6, 6.07) is 9.30. The maximum Gasteiger partial charge on any atom is 0.416 e. The predicted molar refractivity (Wildman–Crippen MR) is 78.1 cm³/mol. The molecule has 0 aliphatic rings. The van der Waals surface area contributed by atoms with Crippen molar-refractivity contribution in [2.24, 2.45) is 0 Å². The number of imide groups is 1. The molecule has 0 aliphatic carbocycles. The fourth-order valence-electron chi connectivity index (χ4n) is 1.95. The highest BCUT2D eigenvalue weighted by atomic mass is 16.6. The van der Waals surface area contributed by atoms with Crippen LogP contribution in [0.15, 0.2) is 30.3 Å². The molecule has 1 rings (SSSR count). The molecule has 1 atom stereocenters. The number of amides is 2. The van der Waals surface area contributed by atoms with Crippen LogP contribution in [0.4, 0.5) is 4.79 Å². The zero-order chi connectivity index (χ0) is 14.8. The average molecular weight is 277 g/mol. The smallest absolute Gasteiger partial charge is 0.416 e. The number of hydrogen-bond acceptors (Lipinski definition) is 3. The lowest BCUT2D eigenvalue weighted by atomic mass is 10.1. The van der Waals surface area contributed by atoms with E-state index >= 15 is 0 Å². The molecule has 4 heteroatoms. The molecule has 20 heavy (non-hydrogen) atoms. The van der Waals surface area contributed by atoms with E-state index in [4.69, 9.17) is 4.74 Å². The molecule has 0 radical (unpaired) electrons. The number of rotatable bonds is 8. The minimum absolute atomic E-state index is 0.123. The molecule has 0 bridgehead atoms. The summed E-state index contributed by atoms with van der Waals surface area (Å²) in [5.41, 5.74) is 0.908. The number of hydrogen-bond donors (Lipinski definition) is 0. The van der Waals surface area contributed by atoms with Crippen LogP contribution in [0.1, 0.15) is 45.1 Å². The summed E-state index contributed by atoms with van der Waals surface area (Å²) in [6.07, 6.45) is 4.03. The van der Waals surface area contributed by atoms with Crippen LogP contribution in [0.3, 0.4) is 0 Å². The zero-order valence-corrected chi connectivity index (χ0v) is 12.2. The topological polar surface area (TPSA) is 46.6 Å². The number of benzene rings is 1. The highest BCUT2D eigenvalue weighted by Gasteiger charge is 2.20. The first kappa shape index (κ1) is 16.2. The van der Waals surface area contributed by atoms with Crippen LogP contribution in [-0.2, 0) is 16.1 Å². The monoisotopic (exact) mass is 277 g/mol. The van der Waals surface area contributed by atoms with Crippen molar-refractivity contribution in [3.05, 3.63) is 35.9 Å². The number of ether oxygens (including phenoxy) is 1. The number of carbonyl (C=O) groups is 2. The van der Waals surface area contributed by atoms with Crippen molar-refractivity contribution in [2.75, 3.05) is 0 Å². The van der Waals surface area contributed by atoms with E-state index < -0.39 is 6.09 Å². The van der Waals surface area contributed by atoms with Gasteiger partial charge in [0.05, 0.1) is 0 Å². The molecule has 0 saturated carbocycles. The van der Waals surface area contributed by atoms with Gasteiger partial charge in [0.1, 0.15) is 6.61 Å². The summed E-state index contributed by atoms with van der Waals surface area (Å²) in [7, 11) is 0. The summed E-state index contributed by atoms with van der Waals surface area (Å²) in [5, 5.41) is 0. The van der Waals surface area contributed by atoms with E-state index in [2.05, 4.69) is 6.92 Å². The summed E-state index contributed by atoms with van der Waals surface area (Å²) < 4.78 is 5.16. The van der Waals surface area contributed by atoms with Crippen molar-refractivity contribution in [1.82, 2.24) is 4.90 Å². The molecule has 0 N–H and O–H groups in total. The van der Waals surface area contributed by atoms with E-state index in [9.17, 15) is 9.59 Å². The first-order chi connectivity index (χ1) is 9.69. The van der Waals surface area contributed by atoms with Gasteiger partial charge in [-0.15, -0.1) is 0 Å². The lowest BCUT2D eigenvalue weighted by Crippen LogP contribution is -2.37. The minimum atomic E-state index is -0.576. The summed E-state index contributed by atoms with van der Waals surface area (Å²) in [4.78, 5) is 24.1. The molecule has 1 aromatic rings. The number of carbonyl (C=O) groups excluding carboxylic acids is 2. The lowest BCUT2D eigenvalue weighted by molar-refractivity contribution is -0.118. The quantitative estimate of drug-likeness (QED) is 0.537. The van der Waals surface area contributed by atoms with Gasteiger partial charge in [-0.25, -0.2) is 9.69 Å². The summed E-state index contributed by atoms with van der Waals surface area (Å²) in [6.45, 7) is 4.18. The summed E-state index contributed by atoms with van der Waals surface area (Å²) in [5.74, 6) is 0. The van der Waals surface area contributed by atoms with Gasteiger partial charge in [-0.2, -0.15) is 0 Å². The molecule has 0 aliphatic heterocycles. The Morgan fingerprint density at radius 2 is 2.00 bits per heavy atom. The molecule has 0 saturated heterocycles. The van der Waals surface area contributed by atoms with Crippen LogP contribution in [0, 0.1) is 0 Å². The van der Waals surface area contributed by atoms with Crippen molar-refractivity contribution in [1.29, 1.82) is 0 Å². The Kier molecular flexibility index (Phi) is 7.40. The van der Waals surface area contributed by atoms with Crippen molar-refractivity contribution in [3.8, 4) is 0 Å². The fraction of sp³-hybridized carbons (Fsp3) is 0.500. The third-order valence-electron chi connectivity index (χ3n) is 3.23. The van der Waals surface area contributed by atoms with Crippen LogP contribution < -0.4 is 0 Å². The van der Waals surface area contributed by atoms with Gasteiger partial charge >= 0.3 is 6.09 Å². The third-order valence-corrected chi connectivity index (χ3v) is 3.23. The first-order valence-electron chi connectivity index (χ1n) is 7.13.